The van der Waals surface area contributed by atoms with Crippen LogP contribution in [0.3, 0.4) is 0 Å². The summed E-state index contributed by atoms with van der Waals surface area (Å²) < 4.78 is 12.7. The second-order valence-electron chi connectivity index (χ2n) is 4.00. The van der Waals surface area contributed by atoms with Crippen molar-refractivity contribution < 1.29 is 9.18 Å². The van der Waals surface area contributed by atoms with Crippen molar-refractivity contribution in [1.29, 1.82) is 0 Å². The molecule has 0 fully saturated rings. The summed E-state index contributed by atoms with van der Waals surface area (Å²) in [5, 5.41) is 5.88. The van der Waals surface area contributed by atoms with Crippen LogP contribution >= 0.6 is 0 Å². The number of hydrogen-bond acceptors (Lipinski definition) is 2. The number of hydrogen-bond donors (Lipinski definition) is 2. The molecule has 0 spiro atoms. The van der Waals surface area contributed by atoms with Crippen molar-refractivity contribution in [3.8, 4) is 0 Å². The van der Waals surface area contributed by atoms with E-state index in [4.69, 9.17) is 0 Å². The maximum absolute atomic E-state index is 12.7. The Balaban J connectivity index is 2.27. The summed E-state index contributed by atoms with van der Waals surface area (Å²) >= 11 is 0. The number of rotatable bonds is 6. The molecule has 1 aromatic rings. The van der Waals surface area contributed by atoms with Crippen LogP contribution in [0.15, 0.2) is 24.3 Å². The number of carbonyl (C=O) groups is 1. The van der Waals surface area contributed by atoms with Crippen LogP contribution < -0.4 is 10.6 Å². The lowest BCUT2D eigenvalue weighted by molar-refractivity contribution is -0.120. The molecule has 4 heteroatoms. The summed E-state index contributed by atoms with van der Waals surface area (Å²) in [5.41, 5.74) is 1.05. The van der Waals surface area contributed by atoms with Crippen LogP contribution in [0, 0.1) is 5.82 Å². The zero-order chi connectivity index (χ0) is 12.7. The zero-order valence-electron chi connectivity index (χ0n) is 10.3. The Morgan fingerprint density at radius 3 is 2.59 bits per heavy atom. The first-order valence-electron chi connectivity index (χ1n) is 5.83. The van der Waals surface area contributed by atoms with Crippen molar-refractivity contribution >= 4 is 5.91 Å². The summed E-state index contributed by atoms with van der Waals surface area (Å²) in [7, 11) is 1.64. The second kappa shape index (κ2) is 7.01. The molecule has 0 aliphatic heterocycles. The highest BCUT2D eigenvalue weighted by molar-refractivity contribution is 5.75. The molecule has 17 heavy (non-hydrogen) atoms. The SMILES string of the molecule is CNC(=O)CCCN[C@@H](C)c1ccc(F)cc1. The van der Waals surface area contributed by atoms with E-state index in [1.165, 1.54) is 12.1 Å². The Labute approximate surface area is 101 Å². The van der Waals surface area contributed by atoms with Gasteiger partial charge in [0.15, 0.2) is 0 Å². The molecule has 3 nitrogen and oxygen atoms in total. The first kappa shape index (κ1) is 13.6. The van der Waals surface area contributed by atoms with Crippen molar-refractivity contribution in [2.24, 2.45) is 0 Å². The average molecular weight is 238 g/mol. The van der Waals surface area contributed by atoms with Gasteiger partial charge in [-0.25, -0.2) is 4.39 Å². The van der Waals surface area contributed by atoms with E-state index in [1.807, 2.05) is 6.92 Å². The number of amides is 1. The number of halogens is 1. The standard InChI is InChI=1S/C13H19FN2O/c1-10(11-5-7-12(14)8-6-11)16-9-3-4-13(17)15-2/h5-8,10,16H,3-4,9H2,1-2H3,(H,15,17)/t10-/m0/s1. The fourth-order valence-electron chi connectivity index (χ4n) is 1.56. The summed E-state index contributed by atoms with van der Waals surface area (Å²) in [6.07, 6.45) is 1.32. The molecule has 0 radical (unpaired) electrons. The minimum atomic E-state index is -0.222. The van der Waals surface area contributed by atoms with Gasteiger partial charge in [0, 0.05) is 19.5 Å². The fourth-order valence-corrected chi connectivity index (χ4v) is 1.56. The van der Waals surface area contributed by atoms with Gasteiger partial charge in [0.05, 0.1) is 0 Å². The number of benzene rings is 1. The van der Waals surface area contributed by atoms with E-state index >= 15 is 0 Å². The number of nitrogens with one attached hydrogen (secondary N) is 2. The molecule has 1 atom stereocenters. The van der Waals surface area contributed by atoms with E-state index < -0.39 is 0 Å². The highest BCUT2D eigenvalue weighted by atomic mass is 19.1. The molecule has 94 valence electrons. The van der Waals surface area contributed by atoms with Crippen molar-refractivity contribution in [3.63, 3.8) is 0 Å². The third-order valence-electron chi connectivity index (χ3n) is 2.68. The maximum atomic E-state index is 12.7. The lowest BCUT2D eigenvalue weighted by atomic mass is 10.1. The highest BCUT2D eigenvalue weighted by Crippen LogP contribution is 2.12. The zero-order valence-corrected chi connectivity index (χ0v) is 10.3. The van der Waals surface area contributed by atoms with Crippen LogP contribution in [0.25, 0.3) is 0 Å². The van der Waals surface area contributed by atoms with Gasteiger partial charge in [-0.2, -0.15) is 0 Å². The minimum Gasteiger partial charge on any atom is -0.359 e. The molecule has 0 aliphatic carbocycles. The number of carbonyl (C=O) groups excluding carboxylic acids is 1. The third kappa shape index (κ3) is 4.95. The lowest BCUT2D eigenvalue weighted by Crippen LogP contribution is -2.23. The van der Waals surface area contributed by atoms with Gasteiger partial charge in [-0.1, -0.05) is 12.1 Å². The average Bonchev–Trinajstić information content (AvgIpc) is 2.34. The summed E-state index contributed by atoms with van der Waals surface area (Å²) in [6.45, 7) is 2.79. The maximum Gasteiger partial charge on any atom is 0.219 e. The molecule has 0 saturated carbocycles. The van der Waals surface area contributed by atoms with Crippen LogP contribution in [0.4, 0.5) is 4.39 Å². The van der Waals surface area contributed by atoms with E-state index in [9.17, 15) is 9.18 Å². The molecule has 1 rings (SSSR count). The third-order valence-corrected chi connectivity index (χ3v) is 2.68. The van der Waals surface area contributed by atoms with E-state index in [2.05, 4.69) is 10.6 Å². The van der Waals surface area contributed by atoms with Gasteiger partial charge in [0.1, 0.15) is 5.82 Å². The molecule has 1 amide bonds. The van der Waals surface area contributed by atoms with E-state index in [1.54, 1.807) is 19.2 Å². The van der Waals surface area contributed by atoms with Crippen LogP contribution in [-0.4, -0.2) is 19.5 Å². The van der Waals surface area contributed by atoms with Crippen molar-refractivity contribution in [1.82, 2.24) is 10.6 Å². The Hall–Kier alpha value is -1.42. The topological polar surface area (TPSA) is 41.1 Å². The monoisotopic (exact) mass is 238 g/mol. The molecule has 1 aromatic carbocycles. The van der Waals surface area contributed by atoms with Crippen molar-refractivity contribution in [3.05, 3.63) is 35.6 Å². The summed E-state index contributed by atoms with van der Waals surface area (Å²) in [5.74, 6) is -0.165. The van der Waals surface area contributed by atoms with Gasteiger partial charge in [-0.15, -0.1) is 0 Å². The first-order chi connectivity index (χ1) is 8.13. The molecule has 2 N–H and O–H groups in total. The molecule has 0 aliphatic rings. The van der Waals surface area contributed by atoms with Crippen molar-refractivity contribution in [2.75, 3.05) is 13.6 Å². The van der Waals surface area contributed by atoms with Crippen LogP contribution in [-0.2, 0) is 4.79 Å². The second-order valence-corrected chi connectivity index (χ2v) is 4.00. The first-order valence-corrected chi connectivity index (χ1v) is 5.83. The molecule has 0 aromatic heterocycles. The van der Waals surface area contributed by atoms with E-state index in [-0.39, 0.29) is 17.8 Å². The van der Waals surface area contributed by atoms with E-state index in [0.717, 1.165) is 18.5 Å². The van der Waals surface area contributed by atoms with Gasteiger partial charge in [0.25, 0.3) is 0 Å². The Kier molecular flexibility index (Phi) is 5.63. The molecule has 0 saturated heterocycles. The minimum absolute atomic E-state index is 0.0567. The van der Waals surface area contributed by atoms with Gasteiger partial charge in [-0.3, -0.25) is 4.79 Å². The van der Waals surface area contributed by atoms with Gasteiger partial charge in [-0.05, 0) is 37.6 Å². The largest absolute Gasteiger partial charge is 0.359 e. The van der Waals surface area contributed by atoms with Crippen LogP contribution in [0.5, 0.6) is 0 Å². The van der Waals surface area contributed by atoms with E-state index in [0.29, 0.717) is 6.42 Å². The Morgan fingerprint density at radius 1 is 1.35 bits per heavy atom. The molecular formula is C13H19FN2O. The Morgan fingerprint density at radius 2 is 2.00 bits per heavy atom. The van der Waals surface area contributed by atoms with Gasteiger partial charge < -0.3 is 10.6 Å². The predicted molar refractivity (Wildman–Crippen MR) is 66.1 cm³/mol. The quantitative estimate of drug-likeness (QED) is 0.744. The van der Waals surface area contributed by atoms with Gasteiger partial charge in [0.2, 0.25) is 5.91 Å². The molecule has 0 unspecified atom stereocenters. The molecule has 0 bridgehead atoms. The van der Waals surface area contributed by atoms with Crippen molar-refractivity contribution in [2.45, 2.75) is 25.8 Å². The van der Waals surface area contributed by atoms with Crippen LogP contribution in [0.2, 0.25) is 0 Å². The molecular weight excluding hydrogens is 219 g/mol. The van der Waals surface area contributed by atoms with Crippen LogP contribution in [0.1, 0.15) is 31.4 Å². The normalized spacial score (nSPS) is 12.2. The highest BCUT2D eigenvalue weighted by Gasteiger charge is 2.04. The fraction of sp³-hybridized carbons (Fsp3) is 0.462. The predicted octanol–water partition coefficient (Wildman–Crippen LogP) is 2.00. The summed E-state index contributed by atoms with van der Waals surface area (Å²) in [4.78, 5) is 11.0. The van der Waals surface area contributed by atoms with Gasteiger partial charge >= 0.3 is 0 Å². The lowest BCUT2D eigenvalue weighted by Gasteiger charge is -2.13. The molecule has 0 heterocycles. The summed E-state index contributed by atoms with van der Waals surface area (Å²) in [6, 6.07) is 6.62. The smallest absolute Gasteiger partial charge is 0.219 e. The Bertz CT molecular complexity index is 351.